The number of carbonyl (C=O) groups is 2. The summed E-state index contributed by atoms with van der Waals surface area (Å²) in [6.45, 7) is 5.26. The number of piperidine rings is 1. The van der Waals surface area contributed by atoms with E-state index in [1.54, 1.807) is 6.07 Å². The van der Waals surface area contributed by atoms with Crippen LogP contribution in [-0.4, -0.2) is 55.6 Å². The fourth-order valence-electron chi connectivity index (χ4n) is 4.45. The molecular formula is C21H27ClN4O4S3. The third-order valence-electron chi connectivity index (χ3n) is 6.13. The molecule has 2 aliphatic heterocycles. The highest BCUT2D eigenvalue weighted by Gasteiger charge is 2.34. The van der Waals surface area contributed by atoms with Crippen LogP contribution in [0.15, 0.2) is 16.3 Å². The van der Waals surface area contributed by atoms with Gasteiger partial charge in [-0.25, -0.2) is 8.42 Å². The minimum Gasteiger partial charge on any atom is -0.365 e. The van der Waals surface area contributed by atoms with Crippen LogP contribution in [0.1, 0.15) is 47.0 Å². The summed E-state index contributed by atoms with van der Waals surface area (Å²) in [5.41, 5.74) is 7.05. The second kappa shape index (κ2) is 10.0. The van der Waals surface area contributed by atoms with Gasteiger partial charge in [0.25, 0.3) is 15.9 Å². The van der Waals surface area contributed by atoms with Gasteiger partial charge < -0.3 is 11.1 Å². The molecule has 180 valence electrons. The van der Waals surface area contributed by atoms with Crippen LogP contribution in [0.5, 0.6) is 0 Å². The van der Waals surface area contributed by atoms with E-state index in [1.807, 2.05) is 0 Å². The molecule has 0 unspecified atom stereocenters. The van der Waals surface area contributed by atoms with E-state index in [9.17, 15) is 18.0 Å². The number of nitrogens with one attached hydrogen (secondary N) is 1. The van der Waals surface area contributed by atoms with Gasteiger partial charge in [0.15, 0.2) is 0 Å². The first-order chi connectivity index (χ1) is 15.7. The quantitative estimate of drug-likeness (QED) is 0.570. The average molecular weight is 531 g/mol. The summed E-state index contributed by atoms with van der Waals surface area (Å²) in [5, 5.41) is 3.44. The van der Waals surface area contributed by atoms with Crippen molar-refractivity contribution in [1.82, 2.24) is 9.21 Å². The Morgan fingerprint density at radius 2 is 1.94 bits per heavy atom. The first kappa shape index (κ1) is 24.6. The molecule has 0 spiro atoms. The van der Waals surface area contributed by atoms with E-state index in [1.165, 1.54) is 21.7 Å². The number of carbonyl (C=O) groups excluding carboxylic acids is 2. The number of hydrogen-bond donors (Lipinski definition) is 2. The molecule has 4 rings (SSSR count). The molecule has 2 aromatic rings. The lowest BCUT2D eigenvalue weighted by Crippen LogP contribution is -2.41. The molecule has 1 saturated heterocycles. The third-order valence-corrected chi connectivity index (χ3v) is 10.9. The zero-order chi connectivity index (χ0) is 23.8. The van der Waals surface area contributed by atoms with Crippen molar-refractivity contribution in [2.45, 2.75) is 43.4 Å². The summed E-state index contributed by atoms with van der Waals surface area (Å²) in [6.07, 6.45) is 2.61. The summed E-state index contributed by atoms with van der Waals surface area (Å²) >= 11 is 8.34. The van der Waals surface area contributed by atoms with Crippen LogP contribution in [0.2, 0.25) is 4.34 Å². The molecule has 2 aromatic heterocycles. The lowest BCUT2D eigenvalue weighted by atomic mass is 9.97. The average Bonchev–Trinajstić information content (AvgIpc) is 3.37. The Morgan fingerprint density at radius 3 is 2.55 bits per heavy atom. The number of fused-ring (bicyclic) bond motifs is 1. The highest BCUT2D eigenvalue weighted by molar-refractivity contribution is 7.91. The van der Waals surface area contributed by atoms with E-state index < -0.39 is 15.9 Å². The van der Waals surface area contributed by atoms with Gasteiger partial charge in [0, 0.05) is 37.0 Å². The van der Waals surface area contributed by atoms with Crippen LogP contribution in [0.4, 0.5) is 5.00 Å². The normalized spacial score (nSPS) is 18.2. The Labute approximate surface area is 206 Å². The largest absolute Gasteiger partial charge is 0.365 e. The van der Waals surface area contributed by atoms with Crippen molar-refractivity contribution in [1.29, 1.82) is 0 Å². The lowest BCUT2D eigenvalue weighted by molar-refractivity contribution is -0.120. The van der Waals surface area contributed by atoms with Gasteiger partial charge in [-0.2, -0.15) is 4.31 Å². The highest BCUT2D eigenvalue weighted by atomic mass is 35.5. The molecule has 0 atom stereocenters. The molecule has 8 nitrogen and oxygen atoms in total. The maximum absolute atomic E-state index is 13.0. The predicted molar refractivity (Wildman–Crippen MR) is 132 cm³/mol. The smallest absolute Gasteiger partial charge is 0.252 e. The number of anilines is 1. The molecule has 0 aliphatic carbocycles. The first-order valence-corrected chi connectivity index (χ1v) is 14.4. The van der Waals surface area contributed by atoms with Crippen molar-refractivity contribution < 1.29 is 18.0 Å². The number of halogens is 1. The third kappa shape index (κ3) is 5.13. The topological polar surface area (TPSA) is 113 Å². The molecule has 12 heteroatoms. The van der Waals surface area contributed by atoms with Gasteiger partial charge in [0.2, 0.25) is 5.91 Å². The number of sulfonamides is 1. The van der Waals surface area contributed by atoms with Gasteiger partial charge in [-0.1, -0.05) is 18.5 Å². The van der Waals surface area contributed by atoms with Crippen LogP contribution < -0.4 is 11.1 Å². The van der Waals surface area contributed by atoms with Crippen LogP contribution in [-0.2, 0) is 27.8 Å². The van der Waals surface area contributed by atoms with Crippen molar-refractivity contribution in [3.05, 3.63) is 32.5 Å². The number of rotatable bonds is 7. The van der Waals surface area contributed by atoms with Gasteiger partial charge >= 0.3 is 0 Å². The molecule has 0 saturated carbocycles. The highest BCUT2D eigenvalue weighted by Crippen LogP contribution is 2.38. The Morgan fingerprint density at radius 1 is 1.21 bits per heavy atom. The fraction of sp³-hybridized carbons (Fsp3) is 0.524. The monoisotopic (exact) mass is 530 g/mol. The van der Waals surface area contributed by atoms with E-state index >= 15 is 0 Å². The maximum atomic E-state index is 13.0. The van der Waals surface area contributed by atoms with Gasteiger partial charge in [-0.15, -0.1) is 22.7 Å². The van der Waals surface area contributed by atoms with E-state index in [2.05, 4.69) is 17.1 Å². The summed E-state index contributed by atoms with van der Waals surface area (Å²) in [7, 11) is -3.61. The van der Waals surface area contributed by atoms with Gasteiger partial charge in [-0.3, -0.25) is 14.5 Å². The summed E-state index contributed by atoms with van der Waals surface area (Å²) in [5.74, 6) is -1.06. The molecule has 3 N–H and O–H groups in total. The van der Waals surface area contributed by atoms with Crippen LogP contribution >= 0.6 is 34.3 Å². The van der Waals surface area contributed by atoms with Gasteiger partial charge in [-0.05, 0) is 49.9 Å². The molecule has 33 heavy (non-hydrogen) atoms. The maximum Gasteiger partial charge on any atom is 0.252 e. The van der Waals surface area contributed by atoms with E-state index in [0.717, 1.165) is 54.3 Å². The van der Waals surface area contributed by atoms with E-state index in [4.69, 9.17) is 17.3 Å². The molecule has 0 radical (unpaired) electrons. The number of primary amides is 1. The van der Waals surface area contributed by atoms with E-state index in [-0.39, 0.29) is 29.1 Å². The molecule has 1 fully saturated rings. The van der Waals surface area contributed by atoms with Crippen LogP contribution in [0.3, 0.4) is 0 Å². The van der Waals surface area contributed by atoms with Crippen LogP contribution in [0.25, 0.3) is 0 Å². The second-order valence-electron chi connectivity index (χ2n) is 8.32. The van der Waals surface area contributed by atoms with Crippen LogP contribution in [0, 0.1) is 5.92 Å². The Balaban J connectivity index is 1.43. The Kier molecular flexibility index (Phi) is 7.47. The standard InChI is InChI=1S/C21H27ClN4O4S3/c1-2-8-25-9-7-14-15(12-25)31-21(18(14)19(23)27)24-20(28)13-5-10-26(11-6-13)33(29,30)17-4-3-16(22)32-17/h3-4,13H,2,5-12H2,1H3,(H2,23,27)(H,24,28). The van der Waals surface area contributed by atoms with Crippen molar-refractivity contribution in [2.24, 2.45) is 11.7 Å². The minimum atomic E-state index is -3.61. The molecule has 2 aliphatic rings. The minimum absolute atomic E-state index is 0.197. The summed E-state index contributed by atoms with van der Waals surface area (Å²) in [4.78, 5) is 28.6. The van der Waals surface area contributed by atoms with Crippen molar-refractivity contribution in [2.75, 3.05) is 31.5 Å². The molecular weight excluding hydrogens is 504 g/mol. The zero-order valence-corrected chi connectivity index (χ0v) is 21.5. The number of nitrogens with two attached hydrogens (primary N) is 1. The molecule has 2 amide bonds. The van der Waals surface area contributed by atoms with Crippen molar-refractivity contribution in [3.63, 3.8) is 0 Å². The van der Waals surface area contributed by atoms with Crippen molar-refractivity contribution >= 4 is 61.1 Å². The Hall–Kier alpha value is -1.50. The number of nitrogens with zero attached hydrogens (tertiary/aromatic N) is 2. The van der Waals surface area contributed by atoms with Gasteiger partial charge in [0.05, 0.1) is 9.90 Å². The number of thiophene rings is 2. The van der Waals surface area contributed by atoms with Crippen molar-refractivity contribution in [3.8, 4) is 0 Å². The molecule has 0 bridgehead atoms. The number of hydrogen-bond acceptors (Lipinski definition) is 7. The SMILES string of the molecule is CCCN1CCc2c(sc(NC(=O)C3CCN(S(=O)(=O)c4ccc(Cl)s4)CC3)c2C(N)=O)C1. The lowest BCUT2D eigenvalue weighted by Gasteiger charge is -2.30. The second-order valence-corrected chi connectivity index (χ2v) is 13.3. The first-order valence-electron chi connectivity index (χ1n) is 10.9. The zero-order valence-electron chi connectivity index (χ0n) is 18.3. The fourth-order valence-corrected chi connectivity index (χ4v) is 8.85. The Bertz CT molecular complexity index is 1150. The summed E-state index contributed by atoms with van der Waals surface area (Å²) < 4.78 is 27.6. The predicted octanol–water partition coefficient (Wildman–Crippen LogP) is 3.37. The van der Waals surface area contributed by atoms with Gasteiger partial charge in [0.1, 0.15) is 9.21 Å². The molecule has 4 heterocycles. The van der Waals surface area contributed by atoms with E-state index in [0.29, 0.717) is 27.7 Å². The molecule has 0 aromatic carbocycles. The summed E-state index contributed by atoms with van der Waals surface area (Å²) in [6, 6.07) is 3.07. The number of amides is 2.